The topological polar surface area (TPSA) is 24.4 Å². The van der Waals surface area contributed by atoms with Crippen molar-refractivity contribution in [3.8, 4) is 0 Å². The summed E-state index contributed by atoms with van der Waals surface area (Å²) in [7, 11) is 0. The molecule has 3 heteroatoms. The zero-order valence-corrected chi connectivity index (χ0v) is 12.4. The summed E-state index contributed by atoms with van der Waals surface area (Å²) >= 11 is 1.86. The minimum Gasteiger partial charge on any atom is -0.358 e. The number of amidine groups is 1. The van der Waals surface area contributed by atoms with Gasteiger partial charge in [0.2, 0.25) is 0 Å². The first kappa shape index (κ1) is 13.5. The molecule has 1 aliphatic rings. The SMILES string of the molecule is Cc1ccccc1C(C)NC1=NC(C)CC(C)S1. The van der Waals surface area contributed by atoms with Gasteiger partial charge in [-0.2, -0.15) is 0 Å². The molecule has 1 N–H and O–H groups in total. The molecular weight excluding hydrogens is 240 g/mol. The third kappa shape index (κ3) is 3.29. The Bertz CT molecular complexity index is 442. The largest absolute Gasteiger partial charge is 0.358 e. The average Bonchev–Trinajstić information content (AvgIpc) is 2.27. The summed E-state index contributed by atoms with van der Waals surface area (Å²) in [6, 6.07) is 9.29. The zero-order chi connectivity index (χ0) is 13.1. The molecule has 0 bridgehead atoms. The van der Waals surface area contributed by atoms with Crippen molar-refractivity contribution in [1.29, 1.82) is 0 Å². The van der Waals surface area contributed by atoms with Crippen LogP contribution in [0.1, 0.15) is 44.4 Å². The predicted octanol–water partition coefficient (Wildman–Crippen LogP) is 3.92. The Morgan fingerprint density at radius 3 is 2.72 bits per heavy atom. The van der Waals surface area contributed by atoms with Gasteiger partial charge in [0, 0.05) is 5.25 Å². The van der Waals surface area contributed by atoms with Gasteiger partial charge in [-0.15, -0.1) is 0 Å². The van der Waals surface area contributed by atoms with Crippen LogP contribution in [-0.4, -0.2) is 16.5 Å². The molecule has 0 saturated heterocycles. The fourth-order valence-electron chi connectivity index (χ4n) is 2.41. The molecule has 0 spiro atoms. The Morgan fingerprint density at radius 2 is 2.06 bits per heavy atom. The van der Waals surface area contributed by atoms with Crippen LogP contribution in [0.15, 0.2) is 29.3 Å². The van der Waals surface area contributed by atoms with Gasteiger partial charge in [0.25, 0.3) is 0 Å². The molecule has 98 valence electrons. The van der Waals surface area contributed by atoms with Crippen LogP contribution in [-0.2, 0) is 0 Å². The number of hydrogen-bond donors (Lipinski definition) is 1. The van der Waals surface area contributed by atoms with Crippen molar-refractivity contribution < 1.29 is 0 Å². The summed E-state index contributed by atoms with van der Waals surface area (Å²) in [5.41, 5.74) is 2.69. The van der Waals surface area contributed by atoms with Crippen LogP contribution >= 0.6 is 11.8 Å². The summed E-state index contributed by atoms with van der Waals surface area (Å²) in [5.74, 6) is 0. The Labute approximate surface area is 114 Å². The Morgan fingerprint density at radius 1 is 1.33 bits per heavy atom. The highest BCUT2D eigenvalue weighted by Gasteiger charge is 2.20. The van der Waals surface area contributed by atoms with Gasteiger partial charge in [-0.25, -0.2) is 0 Å². The summed E-state index contributed by atoms with van der Waals surface area (Å²) in [5, 5.41) is 5.30. The molecule has 0 aliphatic carbocycles. The van der Waals surface area contributed by atoms with Crippen molar-refractivity contribution in [3.63, 3.8) is 0 Å². The monoisotopic (exact) mass is 262 g/mol. The fraction of sp³-hybridized carbons (Fsp3) is 0.533. The standard InChI is InChI=1S/C15H22N2S/c1-10-7-5-6-8-14(10)13(4)17-15-16-11(2)9-12(3)18-15/h5-8,11-13H,9H2,1-4H3,(H,16,17). The number of benzene rings is 1. The number of hydrogen-bond acceptors (Lipinski definition) is 3. The van der Waals surface area contributed by atoms with E-state index in [-0.39, 0.29) is 0 Å². The maximum absolute atomic E-state index is 4.70. The van der Waals surface area contributed by atoms with Gasteiger partial charge in [-0.1, -0.05) is 43.0 Å². The molecule has 2 rings (SSSR count). The Kier molecular flexibility index (Phi) is 4.33. The maximum atomic E-state index is 4.70. The van der Waals surface area contributed by atoms with Crippen molar-refractivity contribution in [3.05, 3.63) is 35.4 Å². The van der Waals surface area contributed by atoms with Crippen molar-refractivity contribution in [2.75, 3.05) is 0 Å². The van der Waals surface area contributed by atoms with Gasteiger partial charge in [0.05, 0.1) is 12.1 Å². The Hall–Kier alpha value is -0.960. The molecule has 0 amide bonds. The minimum atomic E-state index is 0.315. The number of nitrogens with one attached hydrogen (secondary N) is 1. The first-order valence-corrected chi connectivity index (χ1v) is 7.50. The molecule has 1 aliphatic heterocycles. The minimum absolute atomic E-state index is 0.315. The number of aryl methyl sites for hydroxylation is 1. The van der Waals surface area contributed by atoms with Crippen molar-refractivity contribution >= 4 is 16.9 Å². The molecule has 1 aromatic carbocycles. The van der Waals surface area contributed by atoms with E-state index < -0.39 is 0 Å². The normalized spacial score (nSPS) is 25.4. The zero-order valence-electron chi connectivity index (χ0n) is 11.6. The summed E-state index contributed by atoms with van der Waals surface area (Å²) in [4.78, 5) is 4.70. The van der Waals surface area contributed by atoms with E-state index >= 15 is 0 Å². The molecule has 1 aromatic rings. The van der Waals surface area contributed by atoms with Crippen LogP contribution in [0.25, 0.3) is 0 Å². The van der Waals surface area contributed by atoms with Crippen LogP contribution in [0, 0.1) is 6.92 Å². The molecule has 3 atom stereocenters. The second-order valence-corrected chi connectivity index (χ2v) is 6.60. The van der Waals surface area contributed by atoms with E-state index in [9.17, 15) is 0 Å². The molecular formula is C15H22N2S. The number of aliphatic imine (C=N–C) groups is 1. The van der Waals surface area contributed by atoms with E-state index in [4.69, 9.17) is 4.99 Å². The van der Waals surface area contributed by atoms with Crippen molar-refractivity contribution in [2.24, 2.45) is 4.99 Å². The smallest absolute Gasteiger partial charge is 0.157 e. The summed E-state index contributed by atoms with van der Waals surface area (Å²) in [6.45, 7) is 8.83. The van der Waals surface area contributed by atoms with Gasteiger partial charge in [-0.05, 0) is 38.3 Å². The molecule has 2 nitrogen and oxygen atoms in total. The third-order valence-corrected chi connectivity index (χ3v) is 4.36. The lowest BCUT2D eigenvalue weighted by atomic mass is 10.0. The van der Waals surface area contributed by atoms with Crippen LogP contribution in [0.2, 0.25) is 0 Å². The third-order valence-electron chi connectivity index (χ3n) is 3.32. The van der Waals surface area contributed by atoms with E-state index in [1.807, 2.05) is 11.8 Å². The highest BCUT2D eigenvalue weighted by Crippen LogP contribution is 2.26. The lowest BCUT2D eigenvalue weighted by molar-refractivity contribution is 0.643. The van der Waals surface area contributed by atoms with Crippen LogP contribution in [0.3, 0.4) is 0 Å². The molecule has 0 aromatic heterocycles. The molecule has 0 radical (unpaired) electrons. The lowest BCUT2D eigenvalue weighted by Gasteiger charge is -2.26. The van der Waals surface area contributed by atoms with E-state index in [1.54, 1.807) is 0 Å². The Balaban J connectivity index is 2.08. The molecule has 0 saturated carbocycles. The van der Waals surface area contributed by atoms with E-state index in [2.05, 4.69) is 57.3 Å². The summed E-state index contributed by atoms with van der Waals surface area (Å²) in [6.07, 6.45) is 1.18. The fourth-order valence-corrected chi connectivity index (χ4v) is 3.65. The molecule has 1 heterocycles. The van der Waals surface area contributed by atoms with Gasteiger partial charge in [0.15, 0.2) is 5.17 Å². The molecule has 3 unspecified atom stereocenters. The number of rotatable bonds is 2. The first-order valence-electron chi connectivity index (χ1n) is 6.62. The number of thioether (sulfide) groups is 1. The molecule has 0 fully saturated rings. The van der Waals surface area contributed by atoms with Gasteiger partial charge in [-0.3, -0.25) is 4.99 Å². The van der Waals surface area contributed by atoms with Crippen molar-refractivity contribution in [1.82, 2.24) is 5.32 Å². The van der Waals surface area contributed by atoms with Crippen LogP contribution in [0.5, 0.6) is 0 Å². The highest BCUT2D eigenvalue weighted by molar-refractivity contribution is 8.14. The number of nitrogens with zero attached hydrogens (tertiary/aromatic N) is 1. The average molecular weight is 262 g/mol. The first-order chi connectivity index (χ1) is 8.56. The highest BCUT2D eigenvalue weighted by atomic mass is 32.2. The quantitative estimate of drug-likeness (QED) is 0.873. The van der Waals surface area contributed by atoms with Gasteiger partial charge in [0.1, 0.15) is 0 Å². The predicted molar refractivity (Wildman–Crippen MR) is 81.3 cm³/mol. The van der Waals surface area contributed by atoms with Gasteiger partial charge < -0.3 is 5.32 Å². The second-order valence-electron chi connectivity index (χ2n) is 5.17. The maximum Gasteiger partial charge on any atom is 0.157 e. The van der Waals surface area contributed by atoms with Crippen molar-refractivity contribution in [2.45, 2.75) is 51.4 Å². The van der Waals surface area contributed by atoms with E-state index in [1.165, 1.54) is 17.5 Å². The molecule has 18 heavy (non-hydrogen) atoms. The lowest BCUT2D eigenvalue weighted by Crippen LogP contribution is -2.31. The second kappa shape index (κ2) is 5.79. The van der Waals surface area contributed by atoms with E-state index in [0.717, 1.165) is 5.17 Å². The van der Waals surface area contributed by atoms with Crippen LogP contribution < -0.4 is 5.32 Å². The van der Waals surface area contributed by atoms with Crippen LogP contribution in [0.4, 0.5) is 0 Å². The summed E-state index contributed by atoms with van der Waals surface area (Å²) < 4.78 is 0. The van der Waals surface area contributed by atoms with Gasteiger partial charge >= 0.3 is 0 Å². The van der Waals surface area contributed by atoms with E-state index in [0.29, 0.717) is 17.3 Å².